The van der Waals surface area contributed by atoms with Gasteiger partial charge in [0.25, 0.3) is 5.91 Å². The molecule has 0 saturated heterocycles. The Kier molecular flexibility index (Phi) is 5.53. The van der Waals surface area contributed by atoms with Crippen LogP contribution in [0.25, 0.3) is 27.6 Å². The fraction of sp³-hybridized carbons (Fsp3) is 0.143. The van der Waals surface area contributed by atoms with E-state index in [0.29, 0.717) is 24.1 Å². The van der Waals surface area contributed by atoms with E-state index < -0.39 is 5.97 Å². The van der Waals surface area contributed by atoms with Gasteiger partial charge in [-0.1, -0.05) is 60.7 Å². The molecule has 1 aromatic heterocycles. The summed E-state index contributed by atoms with van der Waals surface area (Å²) >= 11 is 0. The molecule has 0 spiro atoms. The second-order valence-corrected chi connectivity index (χ2v) is 7.98. The quantitative estimate of drug-likeness (QED) is 0.434. The predicted octanol–water partition coefficient (Wildman–Crippen LogP) is 5.44. The number of amides is 1. The van der Waals surface area contributed by atoms with E-state index in [2.05, 4.69) is 4.98 Å². The first-order valence-electron chi connectivity index (χ1n) is 11.1. The van der Waals surface area contributed by atoms with Crippen molar-refractivity contribution in [2.45, 2.75) is 13.3 Å². The largest absolute Gasteiger partial charge is 0.462 e. The zero-order valence-electron chi connectivity index (χ0n) is 18.4. The van der Waals surface area contributed by atoms with Crippen LogP contribution >= 0.6 is 0 Å². The number of nitrogens with one attached hydrogen (secondary N) is 1. The number of fused-ring (bicyclic) bond motifs is 3. The molecule has 4 aromatic rings. The lowest BCUT2D eigenvalue weighted by Crippen LogP contribution is -2.28. The summed E-state index contributed by atoms with van der Waals surface area (Å²) in [6.07, 6.45) is 2.26. The van der Waals surface area contributed by atoms with Crippen molar-refractivity contribution in [1.29, 1.82) is 0 Å². The van der Waals surface area contributed by atoms with E-state index in [1.807, 2.05) is 78.9 Å². The van der Waals surface area contributed by atoms with Gasteiger partial charge in [-0.15, -0.1) is 0 Å². The monoisotopic (exact) mass is 436 g/mol. The maximum atomic E-state index is 13.4. The van der Waals surface area contributed by atoms with Crippen molar-refractivity contribution >= 4 is 28.4 Å². The fourth-order valence-corrected chi connectivity index (χ4v) is 4.33. The number of carbonyl (C=O) groups is 2. The van der Waals surface area contributed by atoms with Gasteiger partial charge in [-0.25, -0.2) is 4.79 Å². The Morgan fingerprint density at radius 3 is 2.36 bits per heavy atom. The number of ether oxygens (including phenoxy) is 1. The van der Waals surface area contributed by atoms with Crippen LogP contribution in [0.1, 0.15) is 28.5 Å². The molecular weight excluding hydrogens is 412 g/mol. The lowest BCUT2D eigenvalue weighted by atomic mass is 10.0. The van der Waals surface area contributed by atoms with Gasteiger partial charge in [0.1, 0.15) is 0 Å². The van der Waals surface area contributed by atoms with Gasteiger partial charge in [-0.3, -0.25) is 4.79 Å². The van der Waals surface area contributed by atoms with Crippen LogP contribution in [0.5, 0.6) is 0 Å². The lowest BCUT2D eigenvalue weighted by molar-refractivity contribution is -0.136. The number of esters is 1. The molecule has 1 N–H and O–H groups in total. The third-order valence-corrected chi connectivity index (χ3v) is 5.97. The molecule has 5 nitrogen and oxygen atoms in total. The molecule has 3 aromatic carbocycles. The van der Waals surface area contributed by atoms with Crippen LogP contribution in [0.3, 0.4) is 0 Å². The zero-order valence-corrected chi connectivity index (χ0v) is 18.4. The van der Waals surface area contributed by atoms with Gasteiger partial charge in [0, 0.05) is 29.2 Å². The highest BCUT2D eigenvalue weighted by Gasteiger charge is 2.27. The van der Waals surface area contributed by atoms with Crippen LogP contribution in [0, 0.1) is 0 Å². The number of para-hydroxylation sites is 1. The molecule has 33 heavy (non-hydrogen) atoms. The summed E-state index contributed by atoms with van der Waals surface area (Å²) in [7, 11) is 0. The molecule has 0 radical (unpaired) electrons. The van der Waals surface area contributed by atoms with E-state index in [1.54, 1.807) is 18.0 Å². The smallest absolute Gasteiger partial charge is 0.341 e. The van der Waals surface area contributed by atoms with Crippen molar-refractivity contribution in [2.24, 2.45) is 0 Å². The molecule has 0 unspecified atom stereocenters. The first-order valence-corrected chi connectivity index (χ1v) is 11.1. The van der Waals surface area contributed by atoms with Gasteiger partial charge in [-0.05, 0) is 48.2 Å². The number of benzene rings is 3. The van der Waals surface area contributed by atoms with Crippen LogP contribution < -0.4 is 0 Å². The second kappa shape index (κ2) is 8.79. The number of hydrogen-bond acceptors (Lipinski definition) is 3. The normalized spacial score (nSPS) is 13.2. The van der Waals surface area contributed by atoms with Gasteiger partial charge in [0.2, 0.25) is 0 Å². The number of nitrogens with zero attached hydrogens (tertiary/aromatic N) is 1. The van der Waals surface area contributed by atoms with E-state index in [-0.39, 0.29) is 12.5 Å². The Morgan fingerprint density at radius 1 is 0.909 bits per heavy atom. The molecule has 1 amide bonds. The van der Waals surface area contributed by atoms with Crippen molar-refractivity contribution in [1.82, 2.24) is 9.88 Å². The number of aromatic nitrogens is 1. The molecule has 0 atom stereocenters. The third-order valence-electron chi connectivity index (χ3n) is 5.97. The number of carbonyl (C=O) groups excluding carboxylic acids is 2. The van der Waals surface area contributed by atoms with Crippen molar-refractivity contribution in [3.8, 4) is 11.1 Å². The molecule has 0 aliphatic carbocycles. The predicted molar refractivity (Wildman–Crippen MR) is 130 cm³/mol. The van der Waals surface area contributed by atoms with Crippen LogP contribution in [0.2, 0.25) is 0 Å². The van der Waals surface area contributed by atoms with Gasteiger partial charge in [0.15, 0.2) is 0 Å². The van der Waals surface area contributed by atoms with Crippen molar-refractivity contribution in [3.63, 3.8) is 0 Å². The van der Waals surface area contributed by atoms with Crippen LogP contribution in [0.15, 0.2) is 85.1 Å². The van der Waals surface area contributed by atoms with E-state index in [4.69, 9.17) is 4.74 Å². The van der Waals surface area contributed by atoms with E-state index in [9.17, 15) is 9.59 Å². The second-order valence-electron chi connectivity index (χ2n) is 7.98. The van der Waals surface area contributed by atoms with Crippen molar-refractivity contribution in [2.75, 3.05) is 13.2 Å². The minimum Gasteiger partial charge on any atom is -0.462 e. The fourth-order valence-electron chi connectivity index (χ4n) is 4.33. The summed E-state index contributed by atoms with van der Waals surface area (Å²) in [4.78, 5) is 31.2. The standard InChI is InChI=1S/C28H24N2O3/c1-2-33-28(32)24-18-30(17-16-23-22-10-6-7-11-25(22)29-26(23)24)27(31)21-14-12-20(13-15-21)19-8-4-3-5-9-19/h3-15,18,29H,2,16-17H2,1H3. The molecule has 0 saturated carbocycles. The topological polar surface area (TPSA) is 62.4 Å². The molecule has 2 heterocycles. The molecule has 164 valence electrons. The summed E-state index contributed by atoms with van der Waals surface area (Å²) in [5.41, 5.74) is 5.81. The number of aromatic amines is 1. The Labute approximate surface area is 192 Å². The lowest BCUT2D eigenvalue weighted by Gasteiger charge is -2.18. The number of hydrogen-bond donors (Lipinski definition) is 1. The zero-order chi connectivity index (χ0) is 22.8. The van der Waals surface area contributed by atoms with Crippen molar-refractivity contribution in [3.05, 3.63) is 102 Å². The minimum atomic E-state index is -0.440. The average Bonchev–Trinajstić information content (AvgIpc) is 3.12. The van der Waals surface area contributed by atoms with Gasteiger partial charge < -0.3 is 14.6 Å². The van der Waals surface area contributed by atoms with Crippen LogP contribution in [-0.4, -0.2) is 34.9 Å². The van der Waals surface area contributed by atoms with Gasteiger partial charge >= 0.3 is 5.97 Å². The maximum absolute atomic E-state index is 13.4. The first-order chi connectivity index (χ1) is 16.2. The first kappa shape index (κ1) is 20.8. The van der Waals surface area contributed by atoms with E-state index in [1.165, 1.54) is 0 Å². The highest BCUT2D eigenvalue weighted by molar-refractivity contribution is 6.18. The summed E-state index contributed by atoms with van der Waals surface area (Å²) in [6, 6.07) is 25.6. The Bertz CT molecular complexity index is 1350. The molecule has 0 bridgehead atoms. The molecular formula is C28H24N2O3. The van der Waals surface area contributed by atoms with E-state index in [0.717, 1.165) is 33.3 Å². The Hall–Kier alpha value is -4.12. The van der Waals surface area contributed by atoms with Gasteiger partial charge in [0.05, 0.1) is 17.9 Å². The highest BCUT2D eigenvalue weighted by Crippen LogP contribution is 2.32. The number of rotatable bonds is 4. The molecule has 5 heteroatoms. The van der Waals surface area contributed by atoms with Crippen LogP contribution in [0.4, 0.5) is 0 Å². The SMILES string of the molecule is CCOC(=O)C1=CN(C(=O)c2ccc(-c3ccccc3)cc2)CCc2c1[nH]c1ccccc21. The summed E-state index contributed by atoms with van der Waals surface area (Å²) in [5, 5.41) is 1.06. The summed E-state index contributed by atoms with van der Waals surface area (Å²) in [6.45, 7) is 2.51. The highest BCUT2D eigenvalue weighted by atomic mass is 16.5. The number of H-pyrrole nitrogens is 1. The third kappa shape index (κ3) is 3.94. The van der Waals surface area contributed by atoms with Crippen molar-refractivity contribution < 1.29 is 14.3 Å². The molecule has 1 aliphatic heterocycles. The maximum Gasteiger partial charge on any atom is 0.341 e. The minimum absolute atomic E-state index is 0.147. The Morgan fingerprint density at radius 2 is 1.61 bits per heavy atom. The summed E-state index contributed by atoms with van der Waals surface area (Å²) < 4.78 is 5.32. The van der Waals surface area contributed by atoms with Gasteiger partial charge in [-0.2, -0.15) is 0 Å². The summed E-state index contributed by atoms with van der Waals surface area (Å²) in [5.74, 6) is -0.588. The molecule has 0 fully saturated rings. The van der Waals surface area contributed by atoms with E-state index >= 15 is 0 Å². The molecule has 5 rings (SSSR count). The Balaban J connectivity index is 1.49. The average molecular weight is 437 g/mol. The molecule has 1 aliphatic rings. The van der Waals surface area contributed by atoms with Crippen LogP contribution in [-0.2, 0) is 16.0 Å².